The number of rotatable bonds is 6. The standard InChI is InChI=1S/C21H20ClF2N3O3/c1-2-7-25-21(30)15-5-3-13(22)9-17(15)26-20(29)12-8-19(28)27(11-12)18-6-4-14(23)10-16(18)24/h3-6,9-10,12H,2,7-8,11H2,1H3,(H,25,30)(H,26,29). The highest BCUT2D eigenvalue weighted by Gasteiger charge is 2.36. The van der Waals surface area contributed by atoms with Gasteiger partial charge in [0.25, 0.3) is 5.91 Å². The summed E-state index contributed by atoms with van der Waals surface area (Å²) in [6, 6.07) is 7.39. The van der Waals surface area contributed by atoms with Crippen LogP contribution in [0.4, 0.5) is 20.2 Å². The predicted octanol–water partition coefficient (Wildman–Crippen LogP) is 3.75. The van der Waals surface area contributed by atoms with Crippen LogP contribution in [0.5, 0.6) is 0 Å². The van der Waals surface area contributed by atoms with Crippen molar-refractivity contribution in [3.63, 3.8) is 0 Å². The first-order chi connectivity index (χ1) is 14.3. The number of nitrogens with zero attached hydrogens (tertiary/aromatic N) is 1. The molecule has 1 aliphatic heterocycles. The van der Waals surface area contributed by atoms with Crippen molar-refractivity contribution in [1.82, 2.24) is 5.32 Å². The maximum atomic E-state index is 14.0. The summed E-state index contributed by atoms with van der Waals surface area (Å²) in [4.78, 5) is 38.6. The normalized spacial score (nSPS) is 15.9. The van der Waals surface area contributed by atoms with Crippen LogP contribution >= 0.6 is 11.6 Å². The first-order valence-electron chi connectivity index (χ1n) is 9.44. The molecule has 0 aliphatic carbocycles. The third kappa shape index (κ3) is 4.76. The third-order valence-corrected chi connectivity index (χ3v) is 4.95. The van der Waals surface area contributed by atoms with Crippen molar-refractivity contribution in [3.05, 3.63) is 58.6 Å². The van der Waals surface area contributed by atoms with Gasteiger partial charge in [-0.1, -0.05) is 18.5 Å². The zero-order valence-electron chi connectivity index (χ0n) is 16.2. The molecule has 30 heavy (non-hydrogen) atoms. The Balaban J connectivity index is 1.76. The summed E-state index contributed by atoms with van der Waals surface area (Å²) in [5.41, 5.74) is 0.381. The van der Waals surface area contributed by atoms with Gasteiger partial charge in [0, 0.05) is 30.6 Å². The van der Waals surface area contributed by atoms with Crippen molar-refractivity contribution in [2.24, 2.45) is 5.92 Å². The number of nitrogens with one attached hydrogen (secondary N) is 2. The molecule has 9 heteroatoms. The van der Waals surface area contributed by atoms with Crippen molar-refractivity contribution in [1.29, 1.82) is 0 Å². The summed E-state index contributed by atoms with van der Waals surface area (Å²) < 4.78 is 27.2. The van der Waals surface area contributed by atoms with Crippen LogP contribution in [0.1, 0.15) is 30.1 Å². The van der Waals surface area contributed by atoms with Gasteiger partial charge in [0.05, 0.1) is 22.9 Å². The summed E-state index contributed by atoms with van der Waals surface area (Å²) in [6.45, 7) is 2.33. The van der Waals surface area contributed by atoms with Crippen LogP contribution in [-0.2, 0) is 9.59 Å². The molecule has 1 unspecified atom stereocenters. The van der Waals surface area contributed by atoms with Gasteiger partial charge in [0.15, 0.2) is 0 Å². The highest BCUT2D eigenvalue weighted by Crippen LogP contribution is 2.29. The number of hydrogen-bond acceptors (Lipinski definition) is 3. The SMILES string of the molecule is CCCNC(=O)c1ccc(Cl)cc1NC(=O)C1CC(=O)N(c2ccc(F)cc2F)C1. The number of halogens is 3. The van der Waals surface area contributed by atoms with Crippen LogP contribution in [0.3, 0.4) is 0 Å². The fraction of sp³-hybridized carbons (Fsp3) is 0.286. The predicted molar refractivity (Wildman–Crippen MR) is 110 cm³/mol. The van der Waals surface area contributed by atoms with Crippen molar-refractivity contribution in [2.75, 3.05) is 23.3 Å². The van der Waals surface area contributed by atoms with E-state index in [9.17, 15) is 23.2 Å². The van der Waals surface area contributed by atoms with Gasteiger partial charge >= 0.3 is 0 Å². The van der Waals surface area contributed by atoms with Gasteiger partial charge < -0.3 is 15.5 Å². The average molecular weight is 436 g/mol. The molecule has 2 N–H and O–H groups in total. The molecule has 0 radical (unpaired) electrons. The van der Waals surface area contributed by atoms with Crippen molar-refractivity contribution >= 4 is 40.7 Å². The van der Waals surface area contributed by atoms with Gasteiger partial charge in [-0.15, -0.1) is 0 Å². The van der Waals surface area contributed by atoms with Gasteiger partial charge in [0.2, 0.25) is 11.8 Å². The second-order valence-corrected chi connectivity index (χ2v) is 7.37. The van der Waals surface area contributed by atoms with Crippen LogP contribution in [0, 0.1) is 17.6 Å². The fourth-order valence-electron chi connectivity index (χ4n) is 3.20. The monoisotopic (exact) mass is 435 g/mol. The molecule has 1 atom stereocenters. The molecule has 158 valence electrons. The third-order valence-electron chi connectivity index (χ3n) is 4.72. The Labute approximate surface area is 177 Å². The van der Waals surface area contributed by atoms with E-state index in [0.717, 1.165) is 23.5 Å². The molecule has 2 aromatic rings. The molecule has 1 saturated heterocycles. The molecular weight excluding hydrogens is 416 g/mol. The Morgan fingerprint density at radius 1 is 1.20 bits per heavy atom. The lowest BCUT2D eigenvalue weighted by molar-refractivity contribution is -0.122. The minimum absolute atomic E-state index is 0.0643. The van der Waals surface area contributed by atoms with E-state index >= 15 is 0 Å². The van der Waals surface area contributed by atoms with Crippen LogP contribution in [0.2, 0.25) is 5.02 Å². The lowest BCUT2D eigenvalue weighted by Gasteiger charge is -2.18. The molecule has 1 heterocycles. The number of amides is 3. The number of hydrogen-bond donors (Lipinski definition) is 2. The van der Waals surface area contributed by atoms with Crippen LogP contribution in [-0.4, -0.2) is 30.8 Å². The summed E-state index contributed by atoms with van der Waals surface area (Å²) >= 11 is 6.01. The Morgan fingerprint density at radius 3 is 2.67 bits per heavy atom. The van der Waals surface area contributed by atoms with Gasteiger partial charge in [-0.3, -0.25) is 14.4 Å². The van der Waals surface area contributed by atoms with Gasteiger partial charge in [-0.25, -0.2) is 8.78 Å². The zero-order valence-corrected chi connectivity index (χ0v) is 16.9. The minimum Gasteiger partial charge on any atom is -0.352 e. The maximum absolute atomic E-state index is 14.0. The lowest BCUT2D eigenvalue weighted by atomic mass is 10.1. The van der Waals surface area contributed by atoms with E-state index in [0.29, 0.717) is 17.6 Å². The maximum Gasteiger partial charge on any atom is 0.253 e. The van der Waals surface area contributed by atoms with E-state index < -0.39 is 29.4 Å². The van der Waals surface area contributed by atoms with E-state index in [1.54, 1.807) is 0 Å². The lowest BCUT2D eigenvalue weighted by Crippen LogP contribution is -2.30. The zero-order chi connectivity index (χ0) is 21.8. The van der Waals surface area contributed by atoms with Crippen molar-refractivity contribution < 1.29 is 23.2 Å². The van der Waals surface area contributed by atoms with Crippen molar-refractivity contribution in [3.8, 4) is 0 Å². The molecule has 0 bridgehead atoms. The summed E-state index contributed by atoms with van der Waals surface area (Å²) in [5, 5.41) is 5.71. The molecule has 2 aromatic carbocycles. The number of benzene rings is 2. The molecule has 0 saturated carbocycles. The molecule has 3 amide bonds. The Kier molecular flexibility index (Phi) is 6.66. The van der Waals surface area contributed by atoms with Crippen LogP contribution in [0.15, 0.2) is 36.4 Å². The van der Waals surface area contributed by atoms with E-state index in [4.69, 9.17) is 11.6 Å². The topological polar surface area (TPSA) is 78.5 Å². The molecule has 1 aliphatic rings. The minimum atomic E-state index is -0.880. The van der Waals surface area contributed by atoms with Gasteiger partial charge in [0.1, 0.15) is 11.6 Å². The van der Waals surface area contributed by atoms with E-state index in [1.165, 1.54) is 18.2 Å². The number of carbonyl (C=O) groups excluding carboxylic acids is 3. The molecule has 0 spiro atoms. The summed E-state index contributed by atoms with van der Waals surface area (Å²) in [7, 11) is 0. The van der Waals surface area contributed by atoms with E-state index in [2.05, 4.69) is 10.6 Å². The first-order valence-corrected chi connectivity index (χ1v) is 9.82. The second-order valence-electron chi connectivity index (χ2n) is 6.94. The number of carbonyl (C=O) groups is 3. The smallest absolute Gasteiger partial charge is 0.253 e. The summed E-state index contributed by atoms with van der Waals surface area (Å²) in [6.07, 6.45) is 0.613. The van der Waals surface area contributed by atoms with E-state index in [1.807, 2.05) is 6.92 Å². The molecule has 0 aromatic heterocycles. The van der Waals surface area contributed by atoms with Crippen LogP contribution in [0.25, 0.3) is 0 Å². The highest BCUT2D eigenvalue weighted by atomic mass is 35.5. The molecule has 1 fully saturated rings. The second kappa shape index (κ2) is 9.21. The van der Waals surface area contributed by atoms with Crippen LogP contribution < -0.4 is 15.5 Å². The molecular formula is C21H20ClF2N3O3. The quantitative estimate of drug-likeness (QED) is 0.725. The largest absolute Gasteiger partial charge is 0.352 e. The Bertz CT molecular complexity index is 999. The number of anilines is 2. The Hall–Kier alpha value is -3.00. The van der Waals surface area contributed by atoms with E-state index in [-0.39, 0.29) is 35.8 Å². The molecule has 3 rings (SSSR count). The first kappa shape index (κ1) is 21.7. The average Bonchev–Trinajstić information content (AvgIpc) is 3.08. The van der Waals surface area contributed by atoms with Gasteiger partial charge in [-0.2, -0.15) is 0 Å². The van der Waals surface area contributed by atoms with Gasteiger partial charge in [-0.05, 0) is 36.8 Å². The summed E-state index contributed by atoms with van der Waals surface area (Å²) in [5.74, 6) is -3.72. The fourth-order valence-corrected chi connectivity index (χ4v) is 3.37. The highest BCUT2D eigenvalue weighted by molar-refractivity contribution is 6.31. The Morgan fingerprint density at radius 2 is 1.97 bits per heavy atom. The molecule has 6 nitrogen and oxygen atoms in total. The van der Waals surface area contributed by atoms with Crippen molar-refractivity contribution in [2.45, 2.75) is 19.8 Å².